The van der Waals surface area contributed by atoms with Crippen LogP contribution in [0.1, 0.15) is 35.9 Å². The van der Waals surface area contributed by atoms with Gasteiger partial charge in [0.15, 0.2) is 0 Å². The van der Waals surface area contributed by atoms with E-state index in [-0.39, 0.29) is 11.9 Å². The Morgan fingerprint density at radius 3 is 2.71 bits per heavy atom. The summed E-state index contributed by atoms with van der Waals surface area (Å²) in [6.07, 6.45) is 2.24. The highest BCUT2D eigenvalue weighted by Crippen LogP contribution is 2.42. The van der Waals surface area contributed by atoms with Crippen molar-refractivity contribution < 1.29 is 9.13 Å². The minimum absolute atomic E-state index is 0.210. The van der Waals surface area contributed by atoms with Gasteiger partial charge in [0.2, 0.25) is 0 Å². The molecule has 4 rings (SSSR count). The van der Waals surface area contributed by atoms with Crippen molar-refractivity contribution in [2.24, 2.45) is 0 Å². The lowest BCUT2D eigenvalue weighted by Crippen LogP contribution is -2.29. The molecular formula is C19H20ClFN2O. The zero-order valence-corrected chi connectivity index (χ0v) is 14.1. The number of ether oxygens (including phenoxy) is 1. The number of para-hydroxylation sites is 1. The summed E-state index contributed by atoms with van der Waals surface area (Å²) in [6, 6.07) is 10.8. The molecule has 0 bridgehead atoms. The van der Waals surface area contributed by atoms with Crippen molar-refractivity contribution in [1.29, 1.82) is 0 Å². The normalized spacial score (nSPS) is 20.8. The lowest BCUT2D eigenvalue weighted by atomic mass is 9.88. The van der Waals surface area contributed by atoms with E-state index < -0.39 is 0 Å². The Kier molecular flexibility index (Phi) is 4.33. The molecule has 2 N–H and O–H groups in total. The second kappa shape index (κ2) is 6.61. The molecule has 2 aromatic carbocycles. The fourth-order valence-corrected chi connectivity index (χ4v) is 3.79. The lowest BCUT2D eigenvalue weighted by molar-refractivity contribution is 0.277. The summed E-state index contributed by atoms with van der Waals surface area (Å²) in [6.45, 7) is 2.49. The highest BCUT2D eigenvalue weighted by Gasteiger charge is 2.27. The minimum Gasteiger partial charge on any atom is -0.489 e. The van der Waals surface area contributed by atoms with Crippen LogP contribution >= 0.6 is 11.6 Å². The fraction of sp³-hybridized carbons (Fsp3) is 0.368. The Balaban J connectivity index is 1.61. The van der Waals surface area contributed by atoms with E-state index in [0.29, 0.717) is 23.1 Å². The van der Waals surface area contributed by atoms with E-state index in [1.807, 2.05) is 12.1 Å². The van der Waals surface area contributed by atoms with Gasteiger partial charge in [0.25, 0.3) is 0 Å². The first-order chi connectivity index (χ1) is 11.7. The fourth-order valence-electron chi connectivity index (χ4n) is 3.63. The van der Waals surface area contributed by atoms with Gasteiger partial charge in [-0.3, -0.25) is 0 Å². The zero-order valence-electron chi connectivity index (χ0n) is 13.3. The number of hydrogen-bond acceptors (Lipinski definition) is 3. The first-order valence-electron chi connectivity index (χ1n) is 8.40. The van der Waals surface area contributed by atoms with Gasteiger partial charge in [-0.25, -0.2) is 4.39 Å². The summed E-state index contributed by atoms with van der Waals surface area (Å²) >= 11 is 5.85. The zero-order chi connectivity index (χ0) is 16.5. The number of benzene rings is 2. The smallest absolute Gasteiger partial charge is 0.145 e. The molecule has 0 amide bonds. The maximum absolute atomic E-state index is 14.2. The number of rotatable bonds is 2. The van der Waals surface area contributed by atoms with Crippen LogP contribution in [0.25, 0.3) is 0 Å². The van der Waals surface area contributed by atoms with Crippen LogP contribution in [0.4, 0.5) is 10.1 Å². The van der Waals surface area contributed by atoms with E-state index in [4.69, 9.17) is 16.3 Å². The molecule has 2 aliphatic heterocycles. The maximum Gasteiger partial charge on any atom is 0.145 e. The van der Waals surface area contributed by atoms with E-state index in [1.54, 1.807) is 12.1 Å². The SMILES string of the molecule is Fc1cc(Cl)ccc1C1COc2c(cccc2C2CCNCC2)N1. The van der Waals surface area contributed by atoms with Gasteiger partial charge in [-0.05, 0) is 55.6 Å². The average molecular weight is 347 g/mol. The van der Waals surface area contributed by atoms with Crippen LogP contribution < -0.4 is 15.4 Å². The van der Waals surface area contributed by atoms with Gasteiger partial charge in [-0.1, -0.05) is 29.8 Å². The second-order valence-corrected chi connectivity index (χ2v) is 6.86. The van der Waals surface area contributed by atoms with Crippen LogP contribution in [0.2, 0.25) is 5.02 Å². The van der Waals surface area contributed by atoms with Crippen molar-refractivity contribution in [2.45, 2.75) is 24.8 Å². The van der Waals surface area contributed by atoms with E-state index in [9.17, 15) is 4.39 Å². The van der Waals surface area contributed by atoms with Gasteiger partial charge in [0, 0.05) is 10.6 Å². The minimum atomic E-state index is -0.304. The summed E-state index contributed by atoms with van der Waals surface area (Å²) in [5.41, 5.74) is 2.78. The van der Waals surface area contributed by atoms with Crippen LogP contribution in [0, 0.1) is 5.82 Å². The molecule has 2 heterocycles. The molecule has 2 aromatic rings. The van der Waals surface area contributed by atoms with E-state index in [1.165, 1.54) is 11.6 Å². The van der Waals surface area contributed by atoms with Gasteiger partial charge in [0.1, 0.15) is 18.2 Å². The predicted molar refractivity (Wildman–Crippen MR) is 94.6 cm³/mol. The van der Waals surface area contributed by atoms with Crippen LogP contribution in [0.3, 0.4) is 0 Å². The lowest BCUT2D eigenvalue weighted by Gasteiger charge is -2.32. The Bertz CT molecular complexity index is 746. The van der Waals surface area contributed by atoms with Crippen molar-refractivity contribution in [1.82, 2.24) is 5.32 Å². The van der Waals surface area contributed by atoms with Crippen LogP contribution in [-0.2, 0) is 0 Å². The molecule has 0 aromatic heterocycles. The van der Waals surface area contributed by atoms with Crippen LogP contribution in [-0.4, -0.2) is 19.7 Å². The van der Waals surface area contributed by atoms with Crippen molar-refractivity contribution in [2.75, 3.05) is 25.0 Å². The number of piperidine rings is 1. The van der Waals surface area contributed by atoms with Crippen molar-refractivity contribution in [3.63, 3.8) is 0 Å². The van der Waals surface area contributed by atoms with E-state index in [2.05, 4.69) is 16.7 Å². The molecule has 1 fully saturated rings. The largest absolute Gasteiger partial charge is 0.489 e. The van der Waals surface area contributed by atoms with Crippen LogP contribution in [0.5, 0.6) is 5.75 Å². The van der Waals surface area contributed by atoms with Gasteiger partial charge >= 0.3 is 0 Å². The molecule has 0 spiro atoms. The molecule has 0 radical (unpaired) electrons. The van der Waals surface area contributed by atoms with E-state index >= 15 is 0 Å². The standard InChI is InChI=1S/C19H20ClFN2O/c20-13-4-5-15(16(21)10-13)18-11-24-19-14(2-1-3-17(19)23-18)12-6-8-22-9-7-12/h1-5,10,12,18,22-23H,6-9,11H2. The molecule has 1 unspecified atom stereocenters. The van der Waals surface area contributed by atoms with Crippen molar-refractivity contribution in [3.8, 4) is 5.75 Å². The third kappa shape index (κ3) is 2.96. The summed E-state index contributed by atoms with van der Waals surface area (Å²) < 4.78 is 20.3. The van der Waals surface area contributed by atoms with Gasteiger partial charge in [-0.15, -0.1) is 0 Å². The quantitative estimate of drug-likeness (QED) is 0.840. The molecule has 0 saturated carbocycles. The summed E-state index contributed by atoms with van der Waals surface area (Å²) in [5.74, 6) is 1.14. The Morgan fingerprint density at radius 2 is 1.92 bits per heavy atom. The number of halogens is 2. The third-order valence-electron chi connectivity index (χ3n) is 4.89. The number of anilines is 1. The maximum atomic E-state index is 14.2. The monoisotopic (exact) mass is 346 g/mol. The molecule has 24 heavy (non-hydrogen) atoms. The predicted octanol–water partition coefficient (Wildman–Crippen LogP) is 4.49. The molecule has 2 aliphatic rings. The first kappa shape index (κ1) is 15.7. The Hall–Kier alpha value is -1.78. The van der Waals surface area contributed by atoms with Crippen molar-refractivity contribution in [3.05, 3.63) is 58.4 Å². The molecule has 126 valence electrons. The number of nitrogens with one attached hydrogen (secondary N) is 2. The molecule has 1 saturated heterocycles. The van der Waals surface area contributed by atoms with Crippen molar-refractivity contribution >= 4 is 17.3 Å². The third-order valence-corrected chi connectivity index (χ3v) is 5.12. The number of hydrogen-bond donors (Lipinski definition) is 2. The molecular weight excluding hydrogens is 327 g/mol. The topological polar surface area (TPSA) is 33.3 Å². The van der Waals surface area contributed by atoms with E-state index in [0.717, 1.165) is 37.4 Å². The summed E-state index contributed by atoms with van der Waals surface area (Å²) in [5, 5.41) is 7.23. The molecule has 1 atom stereocenters. The Labute approximate surface area is 146 Å². The summed E-state index contributed by atoms with van der Waals surface area (Å²) in [4.78, 5) is 0. The highest BCUT2D eigenvalue weighted by molar-refractivity contribution is 6.30. The van der Waals surface area contributed by atoms with Crippen LogP contribution in [0.15, 0.2) is 36.4 Å². The van der Waals surface area contributed by atoms with Gasteiger partial charge in [0.05, 0.1) is 11.7 Å². The van der Waals surface area contributed by atoms with Gasteiger partial charge in [-0.2, -0.15) is 0 Å². The second-order valence-electron chi connectivity index (χ2n) is 6.42. The average Bonchev–Trinajstić information content (AvgIpc) is 2.61. The molecule has 5 heteroatoms. The highest BCUT2D eigenvalue weighted by atomic mass is 35.5. The number of fused-ring (bicyclic) bond motifs is 1. The molecule has 3 nitrogen and oxygen atoms in total. The summed E-state index contributed by atoms with van der Waals surface area (Å²) in [7, 11) is 0. The Morgan fingerprint density at radius 1 is 1.08 bits per heavy atom. The first-order valence-corrected chi connectivity index (χ1v) is 8.78. The molecule has 0 aliphatic carbocycles. The van der Waals surface area contributed by atoms with Gasteiger partial charge < -0.3 is 15.4 Å².